The van der Waals surface area contributed by atoms with E-state index in [9.17, 15) is 19.2 Å². The van der Waals surface area contributed by atoms with Crippen LogP contribution in [0.5, 0.6) is 11.5 Å². The van der Waals surface area contributed by atoms with Gasteiger partial charge in [0, 0.05) is 11.6 Å². The summed E-state index contributed by atoms with van der Waals surface area (Å²) in [7, 11) is 2.93. The first-order valence-electron chi connectivity index (χ1n) is 10.6. The SMILES string of the molecule is COc1cc(OC)cc(C(=O)NC(C(=O)OCC(=O)N2CC(=O)Nc3ccccc32)C(C)C)c1. The van der Waals surface area contributed by atoms with Crippen LogP contribution in [0.15, 0.2) is 42.5 Å². The predicted molar refractivity (Wildman–Crippen MR) is 124 cm³/mol. The summed E-state index contributed by atoms with van der Waals surface area (Å²) in [4.78, 5) is 51.5. The number of hydrogen-bond donors (Lipinski definition) is 2. The van der Waals surface area contributed by atoms with Crippen LogP contribution >= 0.6 is 0 Å². The molecule has 1 atom stereocenters. The Morgan fingerprint density at radius 1 is 1.06 bits per heavy atom. The largest absolute Gasteiger partial charge is 0.497 e. The van der Waals surface area contributed by atoms with Crippen molar-refractivity contribution in [3.05, 3.63) is 48.0 Å². The summed E-state index contributed by atoms with van der Waals surface area (Å²) in [6, 6.07) is 10.5. The van der Waals surface area contributed by atoms with Crippen LogP contribution in [0.3, 0.4) is 0 Å². The van der Waals surface area contributed by atoms with E-state index >= 15 is 0 Å². The fourth-order valence-electron chi connectivity index (χ4n) is 3.42. The third kappa shape index (κ3) is 5.64. The number of nitrogens with zero attached hydrogens (tertiary/aromatic N) is 1. The third-order valence-corrected chi connectivity index (χ3v) is 5.23. The number of carbonyl (C=O) groups excluding carboxylic acids is 4. The molecule has 0 saturated carbocycles. The van der Waals surface area contributed by atoms with Crippen molar-refractivity contribution in [3.8, 4) is 11.5 Å². The summed E-state index contributed by atoms with van der Waals surface area (Å²) in [5, 5.41) is 5.34. The van der Waals surface area contributed by atoms with E-state index in [0.717, 1.165) is 0 Å². The van der Waals surface area contributed by atoms with Crippen LogP contribution in [-0.4, -0.2) is 57.1 Å². The van der Waals surface area contributed by atoms with Gasteiger partial charge in [-0.05, 0) is 30.2 Å². The van der Waals surface area contributed by atoms with Crippen molar-refractivity contribution in [2.75, 3.05) is 37.6 Å². The smallest absolute Gasteiger partial charge is 0.329 e. The fraction of sp³-hybridized carbons (Fsp3) is 0.333. The summed E-state index contributed by atoms with van der Waals surface area (Å²) < 4.78 is 15.6. The minimum Gasteiger partial charge on any atom is -0.497 e. The second-order valence-corrected chi connectivity index (χ2v) is 7.95. The molecule has 1 heterocycles. The van der Waals surface area contributed by atoms with Crippen molar-refractivity contribution in [1.29, 1.82) is 0 Å². The highest BCUT2D eigenvalue weighted by molar-refractivity contribution is 6.10. The van der Waals surface area contributed by atoms with Crippen molar-refractivity contribution < 1.29 is 33.4 Å². The molecule has 0 saturated heterocycles. The van der Waals surface area contributed by atoms with E-state index in [0.29, 0.717) is 22.9 Å². The second-order valence-electron chi connectivity index (χ2n) is 7.95. The van der Waals surface area contributed by atoms with E-state index in [-0.39, 0.29) is 23.9 Å². The number of ether oxygens (including phenoxy) is 3. The molecule has 10 nitrogen and oxygen atoms in total. The number of hydrogen-bond acceptors (Lipinski definition) is 7. The summed E-state index contributed by atoms with van der Waals surface area (Å²) in [6.45, 7) is 2.72. The van der Waals surface area contributed by atoms with Crippen LogP contribution in [0.4, 0.5) is 11.4 Å². The molecule has 2 aromatic rings. The van der Waals surface area contributed by atoms with Crippen LogP contribution in [0.25, 0.3) is 0 Å². The van der Waals surface area contributed by atoms with Gasteiger partial charge in [0.25, 0.3) is 11.8 Å². The zero-order chi connectivity index (χ0) is 24.8. The van der Waals surface area contributed by atoms with Gasteiger partial charge in [0.15, 0.2) is 6.61 Å². The lowest BCUT2D eigenvalue weighted by Crippen LogP contribution is -2.47. The Kier molecular flexibility index (Phi) is 7.72. The number of nitrogens with one attached hydrogen (secondary N) is 2. The molecule has 0 bridgehead atoms. The number of anilines is 2. The molecule has 34 heavy (non-hydrogen) atoms. The molecule has 10 heteroatoms. The second kappa shape index (κ2) is 10.7. The summed E-state index contributed by atoms with van der Waals surface area (Å²) in [5.74, 6) is -1.67. The molecule has 3 rings (SSSR count). The van der Waals surface area contributed by atoms with E-state index < -0.39 is 30.4 Å². The molecule has 0 radical (unpaired) electrons. The van der Waals surface area contributed by atoms with Crippen LogP contribution in [0.1, 0.15) is 24.2 Å². The Bertz CT molecular complexity index is 1080. The highest BCUT2D eigenvalue weighted by Gasteiger charge is 2.30. The molecule has 1 unspecified atom stereocenters. The number of carbonyl (C=O) groups is 4. The topological polar surface area (TPSA) is 123 Å². The van der Waals surface area contributed by atoms with Gasteiger partial charge < -0.3 is 24.8 Å². The molecular formula is C24H27N3O7. The monoisotopic (exact) mass is 469 g/mol. The zero-order valence-electron chi connectivity index (χ0n) is 19.4. The van der Waals surface area contributed by atoms with Crippen molar-refractivity contribution >= 4 is 35.1 Å². The van der Waals surface area contributed by atoms with Crippen molar-refractivity contribution in [2.45, 2.75) is 19.9 Å². The number of benzene rings is 2. The van der Waals surface area contributed by atoms with Crippen molar-refractivity contribution in [3.63, 3.8) is 0 Å². The Morgan fingerprint density at radius 2 is 1.71 bits per heavy atom. The lowest BCUT2D eigenvalue weighted by molar-refractivity contribution is -0.150. The van der Waals surface area contributed by atoms with Gasteiger partial charge in [-0.3, -0.25) is 19.3 Å². The van der Waals surface area contributed by atoms with E-state index in [1.807, 2.05) is 0 Å². The van der Waals surface area contributed by atoms with E-state index in [4.69, 9.17) is 14.2 Å². The molecule has 1 aliphatic heterocycles. The number of rotatable bonds is 8. The minimum absolute atomic E-state index is 0.185. The lowest BCUT2D eigenvalue weighted by atomic mass is 10.0. The quantitative estimate of drug-likeness (QED) is 0.567. The van der Waals surface area contributed by atoms with Gasteiger partial charge in [0.1, 0.15) is 24.1 Å². The van der Waals surface area contributed by atoms with Crippen LogP contribution < -0.4 is 25.0 Å². The van der Waals surface area contributed by atoms with Gasteiger partial charge in [0.2, 0.25) is 5.91 Å². The first-order valence-corrected chi connectivity index (χ1v) is 10.6. The normalized spacial score (nSPS) is 13.4. The van der Waals surface area contributed by atoms with Gasteiger partial charge in [-0.15, -0.1) is 0 Å². The van der Waals surface area contributed by atoms with Crippen LogP contribution in [-0.2, 0) is 19.1 Å². The third-order valence-electron chi connectivity index (χ3n) is 5.23. The van der Waals surface area contributed by atoms with Crippen molar-refractivity contribution in [2.24, 2.45) is 5.92 Å². The average Bonchev–Trinajstić information content (AvgIpc) is 2.84. The Morgan fingerprint density at radius 3 is 2.32 bits per heavy atom. The van der Waals surface area contributed by atoms with E-state index in [1.54, 1.807) is 44.2 Å². The van der Waals surface area contributed by atoms with Crippen LogP contribution in [0, 0.1) is 5.92 Å². The van der Waals surface area contributed by atoms with Gasteiger partial charge in [-0.2, -0.15) is 0 Å². The number of amides is 3. The van der Waals surface area contributed by atoms with Crippen molar-refractivity contribution in [1.82, 2.24) is 5.32 Å². The summed E-state index contributed by atoms with van der Waals surface area (Å²) in [6.07, 6.45) is 0. The first kappa shape index (κ1) is 24.6. The maximum absolute atomic E-state index is 12.8. The number of fused-ring (bicyclic) bond motifs is 1. The molecule has 0 aliphatic carbocycles. The van der Waals surface area contributed by atoms with Crippen LogP contribution in [0.2, 0.25) is 0 Å². The zero-order valence-corrected chi connectivity index (χ0v) is 19.4. The number of methoxy groups -OCH3 is 2. The highest BCUT2D eigenvalue weighted by atomic mass is 16.5. The number of para-hydroxylation sites is 2. The molecule has 180 valence electrons. The maximum atomic E-state index is 12.8. The van der Waals surface area contributed by atoms with Gasteiger partial charge in [-0.1, -0.05) is 26.0 Å². The Labute approximate surface area is 197 Å². The standard InChI is InChI=1S/C24H27N3O7/c1-14(2)22(26-23(30)15-9-16(32-3)11-17(10-15)33-4)24(31)34-13-21(29)27-12-20(28)25-18-7-5-6-8-19(18)27/h5-11,14,22H,12-13H2,1-4H3,(H,25,28)(H,26,30). The highest BCUT2D eigenvalue weighted by Crippen LogP contribution is 2.29. The molecular weight excluding hydrogens is 442 g/mol. The first-order chi connectivity index (χ1) is 16.2. The fourth-order valence-corrected chi connectivity index (χ4v) is 3.42. The lowest BCUT2D eigenvalue weighted by Gasteiger charge is -2.29. The average molecular weight is 469 g/mol. The summed E-state index contributed by atoms with van der Waals surface area (Å²) in [5.41, 5.74) is 1.25. The molecule has 0 spiro atoms. The maximum Gasteiger partial charge on any atom is 0.329 e. The molecule has 2 N–H and O–H groups in total. The van der Waals surface area contributed by atoms with Gasteiger partial charge >= 0.3 is 5.97 Å². The van der Waals surface area contributed by atoms with E-state index in [1.165, 1.54) is 31.3 Å². The molecule has 2 aromatic carbocycles. The molecule has 1 aliphatic rings. The van der Waals surface area contributed by atoms with Gasteiger partial charge in [-0.25, -0.2) is 4.79 Å². The van der Waals surface area contributed by atoms with E-state index in [2.05, 4.69) is 10.6 Å². The number of esters is 1. The predicted octanol–water partition coefficient (Wildman–Crippen LogP) is 1.99. The minimum atomic E-state index is -1.01. The molecule has 3 amide bonds. The molecule has 0 aromatic heterocycles. The Balaban J connectivity index is 1.67. The molecule has 0 fully saturated rings. The Hall–Kier alpha value is -4.08. The summed E-state index contributed by atoms with van der Waals surface area (Å²) >= 11 is 0. The van der Waals surface area contributed by atoms with Gasteiger partial charge in [0.05, 0.1) is 25.6 Å².